The molecule has 0 atom stereocenters. The third-order valence-corrected chi connectivity index (χ3v) is 8.11. The van der Waals surface area contributed by atoms with Crippen LogP contribution >= 0.6 is 11.3 Å². The molecule has 8 aromatic rings. The van der Waals surface area contributed by atoms with Crippen molar-refractivity contribution in [3.63, 3.8) is 0 Å². The maximum atomic E-state index is 4.80. The minimum atomic E-state index is 0.919. The number of fused-ring (bicyclic) bond motifs is 7. The summed E-state index contributed by atoms with van der Waals surface area (Å²) in [5.41, 5.74) is 5.81. The molecule has 0 unspecified atom stereocenters. The first-order valence-corrected chi connectivity index (χ1v) is 13.1. The fraction of sp³-hybridized carbons (Fsp3) is 0. The van der Waals surface area contributed by atoms with Crippen molar-refractivity contribution in [2.24, 2.45) is 0 Å². The molecular formula is C32H20N4S. The molecule has 4 nitrogen and oxygen atoms in total. The highest BCUT2D eigenvalue weighted by atomic mass is 32.1. The van der Waals surface area contributed by atoms with E-state index in [1.807, 2.05) is 24.5 Å². The molecule has 37 heavy (non-hydrogen) atoms. The summed E-state index contributed by atoms with van der Waals surface area (Å²) in [7, 11) is 0. The summed E-state index contributed by atoms with van der Waals surface area (Å²) in [5, 5.41) is 7.02. The van der Waals surface area contributed by atoms with Crippen molar-refractivity contribution in [2.75, 3.05) is 0 Å². The number of pyridine rings is 1. The first kappa shape index (κ1) is 20.5. The molecule has 0 saturated heterocycles. The first-order chi connectivity index (χ1) is 18.4. The summed E-state index contributed by atoms with van der Waals surface area (Å²) in [6.07, 6.45) is 3.86. The van der Waals surface area contributed by atoms with Crippen molar-refractivity contribution in [3.05, 3.63) is 122 Å². The van der Waals surface area contributed by atoms with Crippen LogP contribution in [0.15, 0.2) is 122 Å². The number of hydrogen-bond donors (Lipinski definition) is 0. The second-order valence-electron chi connectivity index (χ2n) is 9.12. The van der Waals surface area contributed by atoms with E-state index in [9.17, 15) is 0 Å². The van der Waals surface area contributed by atoms with Gasteiger partial charge in [0, 0.05) is 33.3 Å². The van der Waals surface area contributed by atoms with E-state index >= 15 is 0 Å². The highest BCUT2D eigenvalue weighted by Crippen LogP contribution is 2.42. The molecule has 4 aromatic carbocycles. The van der Waals surface area contributed by atoms with Gasteiger partial charge in [0.1, 0.15) is 15.8 Å². The normalized spacial score (nSPS) is 11.8. The van der Waals surface area contributed by atoms with E-state index in [2.05, 4.69) is 106 Å². The molecule has 5 heteroatoms. The van der Waals surface area contributed by atoms with Crippen LogP contribution < -0.4 is 0 Å². The quantitative estimate of drug-likeness (QED) is 0.248. The van der Waals surface area contributed by atoms with E-state index < -0.39 is 0 Å². The van der Waals surface area contributed by atoms with Crippen LogP contribution in [0.2, 0.25) is 0 Å². The Balaban J connectivity index is 1.52. The second-order valence-corrected chi connectivity index (χ2v) is 10.1. The van der Waals surface area contributed by atoms with E-state index in [0.717, 1.165) is 32.4 Å². The highest BCUT2D eigenvalue weighted by molar-refractivity contribution is 7.17. The fourth-order valence-corrected chi connectivity index (χ4v) is 6.50. The molecule has 0 spiro atoms. The van der Waals surface area contributed by atoms with E-state index in [-0.39, 0.29) is 0 Å². The molecule has 0 saturated carbocycles. The number of aromatic nitrogens is 4. The Morgan fingerprint density at radius 3 is 2.08 bits per heavy atom. The van der Waals surface area contributed by atoms with Gasteiger partial charge in [-0.1, -0.05) is 90.2 Å². The molecule has 0 aliphatic rings. The number of hydrogen-bond acceptors (Lipinski definition) is 3. The number of benzene rings is 4. The van der Waals surface area contributed by atoms with Crippen molar-refractivity contribution in [2.45, 2.75) is 0 Å². The molecule has 0 aliphatic carbocycles. The SMILES string of the molecule is c1ccc(-c2ncc(-n3c4ccccc4c4c3ccc3c5ccccc5n(-c5ccccn5)c34)s2)cc1. The number of thiazole rings is 1. The molecule has 4 heterocycles. The number of nitrogens with zero attached hydrogens (tertiary/aromatic N) is 4. The van der Waals surface area contributed by atoms with E-state index in [0.29, 0.717) is 0 Å². The maximum Gasteiger partial charge on any atom is 0.137 e. The zero-order valence-corrected chi connectivity index (χ0v) is 20.6. The summed E-state index contributed by atoms with van der Waals surface area (Å²) in [6, 6.07) is 38.3. The third-order valence-electron chi connectivity index (χ3n) is 7.08. The minimum Gasteiger partial charge on any atom is -0.299 e. The lowest BCUT2D eigenvalue weighted by Crippen LogP contribution is -1.96. The van der Waals surface area contributed by atoms with E-state index in [4.69, 9.17) is 9.97 Å². The predicted molar refractivity (Wildman–Crippen MR) is 154 cm³/mol. The van der Waals surface area contributed by atoms with E-state index in [1.165, 1.54) is 32.6 Å². The zero-order chi connectivity index (χ0) is 24.3. The van der Waals surface area contributed by atoms with Crippen molar-refractivity contribution >= 4 is 54.9 Å². The zero-order valence-electron chi connectivity index (χ0n) is 19.7. The number of para-hydroxylation sites is 2. The van der Waals surface area contributed by atoms with Crippen molar-refractivity contribution in [1.82, 2.24) is 19.1 Å². The standard InChI is InChI=1S/C32H20N4S/c1-2-10-21(11-3-1)32-34-20-29(37-32)35-26-15-7-5-13-24(26)30-27(35)18-17-23-22-12-4-6-14-25(22)36(31(23)30)28-16-8-9-19-33-28/h1-20H. The topological polar surface area (TPSA) is 35.6 Å². The van der Waals surface area contributed by atoms with Crippen LogP contribution in [0, 0.1) is 0 Å². The minimum absolute atomic E-state index is 0.919. The van der Waals surface area contributed by atoms with Gasteiger partial charge in [-0.25, -0.2) is 9.97 Å². The van der Waals surface area contributed by atoms with Gasteiger partial charge in [-0.05, 0) is 30.3 Å². The molecule has 0 fully saturated rings. The monoisotopic (exact) mass is 492 g/mol. The van der Waals surface area contributed by atoms with Crippen LogP contribution in [0.1, 0.15) is 0 Å². The molecule has 174 valence electrons. The summed E-state index contributed by atoms with van der Waals surface area (Å²) in [6.45, 7) is 0. The van der Waals surface area contributed by atoms with Gasteiger partial charge in [-0.2, -0.15) is 0 Å². The van der Waals surface area contributed by atoms with Crippen LogP contribution in [-0.4, -0.2) is 19.1 Å². The lowest BCUT2D eigenvalue weighted by atomic mass is 10.1. The Morgan fingerprint density at radius 2 is 1.27 bits per heavy atom. The molecule has 4 aromatic heterocycles. The van der Waals surface area contributed by atoms with Crippen LogP contribution in [-0.2, 0) is 0 Å². The van der Waals surface area contributed by atoms with Gasteiger partial charge < -0.3 is 0 Å². The molecule has 8 rings (SSSR count). The largest absolute Gasteiger partial charge is 0.299 e. The van der Waals surface area contributed by atoms with Crippen molar-refractivity contribution < 1.29 is 0 Å². The molecular weight excluding hydrogens is 472 g/mol. The Morgan fingerprint density at radius 1 is 0.541 bits per heavy atom. The van der Waals surface area contributed by atoms with Crippen molar-refractivity contribution in [3.8, 4) is 21.4 Å². The molecule has 0 bridgehead atoms. The Hall–Kier alpha value is -4.74. The average Bonchev–Trinajstić information content (AvgIpc) is 3.66. The third kappa shape index (κ3) is 2.95. The van der Waals surface area contributed by atoms with Gasteiger partial charge in [0.15, 0.2) is 0 Å². The van der Waals surface area contributed by atoms with Crippen LogP contribution in [0.25, 0.3) is 65.0 Å². The predicted octanol–water partition coefficient (Wildman–Crippen LogP) is 8.40. The molecule has 0 radical (unpaired) electrons. The van der Waals surface area contributed by atoms with Crippen LogP contribution in [0.3, 0.4) is 0 Å². The Bertz CT molecular complexity index is 2080. The Kier molecular flexibility index (Phi) is 4.36. The fourth-order valence-electron chi connectivity index (χ4n) is 5.55. The summed E-state index contributed by atoms with van der Waals surface area (Å²) in [4.78, 5) is 9.56. The Labute approximate surface area is 216 Å². The van der Waals surface area contributed by atoms with Gasteiger partial charge in [0.05, 0.1) is 28.3 Å². The lowest BCUT2D eigenvalue weighted by molar-refractivity contribution is 1.08. The highest BCUT2D eigenvalue weighted by Gasteiger charge is 2.21. The van der Waals surface area contributed by atoms with Crippen LogP contribution in [0.4, 0.5) is 0 Å². The molecule has 0 amide bonds. The average molecular weight is 493 g/mol. The van der Waals surface area contributed by atoms with Gasteiger partial charge in [0.25, 0.3) is 0 Å². The molecule has 0 aliphatic heterocycles. The first-order valence-electron chi connectivity index (χ1n) is 12.3. The molecule has 0 N–H and O–H groups in total. The van der Waals surface area contributed by atoms with Crippen molar-refractivity contribution in [1.29, 1.82) is 0 Å². The van der Waals surface area contributed by atoms with Gasteiger partial charge in [0.2, 0.25) is 0 Å². The number of rotatable bonds is 3. The van der Waals surface area contributed by atoms with Gasteiger partial charge in [-0.3, -0.25) is 9.13 Å². The smallest absolute Gasteiger partial charge is 0.137 e. The summed E-state index contributed by atoms with van der Waals surface area (Å²) in [5.74, 6) is 0.919. The van der Waals surface area contributed by atoms with E-state index in [1.54, 1.807) is 11.3 Å². The maximum absolute atomic E-state index is 4.80. The summed E-state index contributed by atoms with van der Waals surface area (Å²) >= 11 is 1.72. The second kappa shape index (κ2) is 7.88. The lowest BCUT2D eigenvalue weighted by Gasteiger charge is -2.08. The van der Waals surface area contributed by atoms with Gasteiger partial charge >= 0.3 is 0 Å². The summed E-state index contributed by atoms with van der Waals surface area (Å²) < 4.78 is 4.67. The van der Waals surface area contributed by atoms with Gasteiger partial charge in [-0.15, -0.1) is 0 Å². The van der Waals surface area contributed by atoms with Crippen LogP contribution in [0.5, 0.6) is 0 Å².